The van der Waals surface area contributed by atoms with Crippen molar-refractivity contribution in [3.05, 3.63) is 23.2 Å². The third-order valence-corrected chi connectivity index (χ3v) is 3.44. The molecule has 0 atom stereocenters. The minimum atomic E-state index is -3.57. The molecule has 74 valence electrons. The lowest BCUT2D eigenvalue weighted by atomic mass is 10.3. The number of sulfonamides is 1. The van der Waals surface area contributed by atoms with Crippen LogP contribution in [0.4, 0.5) is 5.69 Å². The molecular weight excluding hydrogens is 227 g/mol. The fourth-order valence-electron chi connectivity index (χ4n) is 1.26. The predicted octanol–water partition coefficient (Wildman–Crippen LogP) is 1.87. The molecule has 1 aromatic carbocycles. The molecule has 0 bridgehead atoms. The quantitative estimate of drug-likeness (QED) is 0.550. The molecule has 6 heteroatoms. The van der Waals surface area contributed by atoms with Crippen LogP contribution in [0, 0.1) is 0 Å². The van der Waals surface area contributed by atoms with Gasteiger partial charge in [0.05, 0.1) is 5.69 Å². The smallest absolute Gasteiger partial charge is 0.286 e. The van der Waals surface area contributed by atoms with E-state index in [2.05, 4.69) is 9.71 Å². The summed E-state index contributed by atoms with van der Waals surface area (Å²) in [5.41, 5.74) is 0.516. The summed E-state index contributed by atoms with van der Waals surface area (Å²) in [6.07, 6.45) is 0. The Morgan fingerprint density at radius 2 is 2.14 bits per heavy atom. The van der Waals surface area contributed by atoms with Crippen LogP contribution in [0.3, 0.4) is 0 Å². The van der Waals surface area contributed by atoms with Crippen LogP contribution in [-0.4, -0.2) is 14.3 Å². The molecular formula is C8H7ClN2O2S. The van der Waals surface area contributed by atoms with Crippen molar-refractivity contribution in [2.45, 2.75) is 11.8 Å². The third-order valence-electron chi connectivity index (χ3n) is 1.79. The SMILES string of the molecule is [13CH3][13C]1=[15N]S(=O)(=O)c2cc(Cl)ccc2N1. The van der Waals surface area contributed by atoms with Gasteiger partial charge in [-0.25, -0.2) is 0 Å². The van der Waals surface area contributed by atoms with Crippen LogP contribution in [0.2, 0.25) is 5.02 Å². The summed E-state index contributed by atoms with van der Waals surface area (Å²) < 4.78 is 26.6. The van der Waals surface area contributed by atoms with Crippen LogP contribution in [-0.2, 0) is 10.0 Å². The van der Waals surface area contributed by atoms with Crippen molar-refractivity contribution >= 4 is 33.1 Å². The zero-order valence-corrected chi connectivity index (χ0v) is 8.85. The Morgan fingerprint density at radius 3 is 2.86 bits per heavy atom. The first-order valence-electron chi connectivity index (χ1n) is 3.87. The van der Waals surface area contributed by atoms with E-state index in [1.54, 1.807) is 19.1 Å². The Kier molecular flexibility index (Phi) is 2.01. The minimum absolute atomic E-state index is 0.121. The molecule has 1 N–H and O–H groups in total. The van der Waals surface area contributed by atoms with Crippen molar-refractivity contribution in [2.24, 2.45) is 4.40 Å². The topological polar surface area (TPSA) is 58.5 Å². The van der Waals surface area contributed by atoms with Crippen molar-refractivity contribution in [3.8, 4) is 0 Å². The molecule has 0 saturated carbocycles. The highest BCUT2D eigenvalue weighted by Gasteiger charge is 2.23. The molecule has 1 aliphatic heterocycles. The molecule has 0 unspecified atom stereocenters. The number of benzene rings is 1. The number of anilines is 1. The van der Waals surface area contributed by atoms with E-state index < -0.39 is 10.0 Å². The highest BCUT2D eigenvalue weighted by Crippen LogP contribution is 2.29. The van der Waals surface area contributed by atoms with Crippen LogP contribution in [0.15, 0.2) is 27.5 Å². The van der Waals surface area contributed by atoms with Crippen molar-refractivity contribution in [1.29, 1.82) is 0 Å². The van der Waals surface area contributed by atoms with Gasteiger partial charge in [-0.05, 0) is 25.1 Å². The molecule has 0 amide bonds. The van der Waals surface area contributed by atoms with Gasteiger partial charge in [0.1, 0.15) is 10.7 Å². The largest absolute Gasteiger partial charge is 0.342 e. The van der Waals surface area contributed by atoms with E-state index in [1.807, 2.05) is 0 Å². The van der Waals surface area contributed by atoms with E-state index in [0.717, 1.165) is 0 Å². The standard InChI is InChI=1S/C8H7ClN2O2S/c1-5-10-7-3-2-6(9)4-8(7)14(12,13)11-5/h2-4H,1H3,(H,10,11)/i1+1,5+1,11+1. The van der Waals surface area contributed by atoms with E-state index in [0.29, 0.717) is 16.5 Å². The Hall–Kier alpha value is -1.07. The maximum atomic E-state index is 11.5. The zero-order valence-electron chi connectivity index (χ0n) is 7.28. The Bertz CT molecular complexity index is 522. The van der Waals surface area contributed by atoms with Crippen molar-refractivity contribution in [3.63, 3.8) is 0 Å². The highest BCUT2D eigenvalue weighted by molar-refractivity contribution is 7.90. The first-order valence-corrected chi connectivity index (χ1v) is 5.69. The fourth-order valence-corrected chi connectivity index (χ4v) is 2.67. The van der Waals surface area contributed by atoms with Gasteiger partial charge in [-0.2, -0.15) is 8.42 Å². The molecule has 1 aliphatic rings. The monoisotopic (exact) mass is 233 g/mol. The van der Waals surface area contributed by atoms with E-state index in [9.17, 15) is 8.42 Å². The zero-order chi connectivity index (χ0) is 10.3. The summed E-state index contributed by atoms with van der Waals surface area (Å²) >= 11 is 5.70. The number of hydrogen-bond donors (Lipinski definition) is 1. The number of hydrogen-bond acceptors (Lipinski definition) is 3. The number of halogens is 1. The van der Waals surface area contributed by atoms with Crippen molar-refractivity contribution in [1.82, 2.24) is 0 Å². The predicted molar refractivity (Wildman–Crippen MR) is 55.4 cm³/mol. The molecule has 0 aliphatic carbocycles. The molecule has 14 heavy (non-hydrogen) atoms. The van der Waals surface area contributed by atoms with Gasteiger partial charge in [0.15, 0.2) is 0 Å². The molecule has 0 spiro atoms. The van der Waals surface area contributed by atoms with E-state index in [1.165, 1.54) is 6.07 Å². The second-order valence-corrected chi connectivity index (χ2v) is 4.93. The summed E-state index contributed by atoms with van der Waals surface area (Å²) in [6, 6.07) is 4.63. The molecule has 1 heterocycles. The molecule has 0 saturated heterocycles. The Balaban J connectivity index is 2.73. The third kappa shape index (κ3) is 1.49. The summed E-state index contributed by atoms with van der Waals surface area (Å²) in [6.45, 7) is 1.59. The van der Waals surface area contributed by atoms with Gasteiger partial charge in [-0.1, -0.05) is 11.6 Å². The summed E-state index contributed by atoms with van der Waals surface area (Å²) in [5.74, 6) is 0.361. The molecule has 0 fully saturated rings. The average molecular weight is 234 g/mol. The Morgan fingerprint density at radius 1 is 1.43 bits per heavy atom. The first-order chi connectivity index (χ1) is 6.49. The number of nitrogens with zero attached hydrogens (tertiary/aromatic N) is 1. The second-order valence-electron chi connectivity index (χ2n) is 2.92. The maximum Gasteiger partial charge on any atom is 0.286 e. The number of fused-ring (bicyclic) bond motifs is 1. The maximum absolute atomic E-state index is 11.5. The summed E-state index contributed by atoms with van der Waals surface area (Å²) in [7, 11) is -3.57. The number of amidine groups is 1. The minimum Gasteiger partial charge on any atom is -0.342 e. The van der Waals surface area contributed by atoms with Crippen LogP contribution >= 0.6 is 11.6 Å². The number of rotatable bonds is 0. The van der Waals surface area contributed by atoms with Gasteiger partial charge in [0, 0.05) is 5.02 Å². The molecule has 0 radical (unpaired) electrons. The normalized spacial score (nSPS) is 18.0. The van der Waals surface area contributed by atoms with E-state index >= 15 is 0 Å². The highest BCUT2D eigenvalue weighted by atomic mass is 35.5. The lowest BCUT2D eigenvalue weighted by molar-refractivity contribution is 0.598. The molecule has 4 nitrogen and oxygen atoms in total. The molecule has 2 rings (SSSR count). The van der Waals surface area contributed by atoms with Gasteiger partial charge in [-0.15, -0.1) is 4.40 Å². The first kappa shape index (κ1) is 9.48. The van der Waals surface area contributed by atoms with Crippen LogP contribution < -0.4 is 5.32 Å². The number of nitrogens with one attached hydrogen (secondary N) is 1. The van der Waals surface area contributed by atoms with Gasteiger partial charge in [-0.3, -0.25) is 0 Å². The Labute approximate surface area is 86.7 Å². The van der Waals surface area contributed by atoms with Gasteiger partial charge in [0.2, 0.25) is 0 Å². The van der Waals surface area contributed by atoms with Crippen LogP contribution in [0.25, 0.3) is 0 Å². The average Bonchev–Trinajstić information content (AvgIpc) is 2.05. The van der Waals surface area contributed by atoms with Gasteiger partial charge in [0.25, 0.3) is 10.0 Å². The lowest BCUT2D eigenvalue weighted by Crippen LogP contribution is -2.18. The van der Waals surface area contributed by atoms with Gasteiger partial charge >= 0.3 is 0 Å². The fraction of sp³-hybridized carbons (Fsp3) is 0.125. The van der Waals surface area contributed by atoms with Gasteiger partial charge < -0.3 is 5.32 Å². The second kappa shape index (κ2) is 2.96. The van der Waals surface area contributed by atoms with Crippen molar-refractivity contribution < 1.29 is 8.42 Å². The van der Waals surface area contributed by atoms with Crippen LogP contribution in [0.1, 0.15) is 6.92 Å². The summed E-state index contributed by atoms with van der Waals surface area (Å²) in [4.78, 5) is 0.121. The van der Waals surface area contributed by atoms with E-state index in [-0.39, 0.29) is 4.90 Å². The molecule has 0 aromatic heterocycles. The molecule has 1 aromatic rings. The van der Waals surface area contributed by atoms with E-state index in [4.69, 9.17) is 11.6 Å². The van der Waals surface area contributed by atoms with Crippen molar-refractivity contribution in [2.75, 3.05) is 5.32 Å². The summed E-state index contributed by atoms with van der Waals surface area (Å²) in [5, 5.41) is 3.23. The lowest BCUT2D eigenvalue weighted by Gasteiger charge is -2.15. The van der Waals surface area contributed by atoms with Crippen LogP contribution in [0.5, 0.6) is 0 Å².